The molecule has 0 spiro atoms. The summed E-state index contributed by atoms with van der Waals surface area (Å²) in [5.41, 5.74) is 3.15. The lowest BCUT2D eigenvalue weighted by Crippen LogP contribution is -2.43. The Morgan fingerprint density at radius 3 is 2.35 bits per heavy atom. The maximum Gasteiger partial charge on any atom is 0.119 e. The SMILES string of the molecule is CC(C)CCOCCOCCOCCOc1ccc2c(c1)CC[C@@H]1[C@@H]2CC[C@]2(C)[C@@H](O)CC[C@@H]12. The Balaban J connectivity index is 1.12. The molecular weight excluding hydrogens is 428 g/mol. The summed E-state index contributed by atoms with van der Waals surface area (Å²) < 4.78 is 22.7. The molecule has 4 rings (SSSR count). The van der Waals surface area contributed by atoms with E-state index in [1.54, 1.807) is 0 Å². The van der Waals surface area contributed by atoms with Crippen molar-refractivity contribution in [2.45, 2.75) is 77.7 Å². The molecule has 0 saturated heterocycles. The van der Waals surface area contributed by atoms with Gasteiger partial charge in [-0.1, -0.05) is 26.8 Å². The minimum absolute atomic E-state index is 0.0991. The van der Waals surface area contributed by atoms with Crippen molar-refractivity contribution in [3.05, 3.63) is 29.3 Å². The third-order valence-electron chi connectivity index (χ3n) is 8.73. The molecule has 0 aromatic heterocycles. The van der Waals surface area contributed by atoms with Gasteiger partial charge in [0.25, 0.3) is 0 Å². The molecule has 192 valence electrons. The Morgan fingerprint density at radius 1 is 0.912 bits per heavy atom. The number of aliphatic hydroxyl groups excluding tert-OH is 1. The lowest BCUT2D eigenvalue weighted by Gasteiger charge is -2.50. The van der Waals surface area contributed by atoms with E-state index >= 15 is 0 Å². The van der Waals surface area contributed by atoms with E-state index in [-0.39, 0.29) is 11.5 Å². The highest BCUT2D eigenvalue weighted by atomic mass is 16.6. The molecule has 3 aliphatic rings. The molecule has 0 heterocycles. The van der Waals surface area contributed by atoms with E-state index in [4.69, 9.17) is 18.9 Å². The van der Waals surface area contributed by atoms with Crippen LogP contribution >= 0.6 is 0 Å². The minimum atomic E-state index is -0.0991. The number of rotatable bonds is 13. The molecule has 1 N–H and O–H groups in total. The average molecular weight is 475 g/mol. The maximum atomic E-state index is 10.6. The van der Waals surface area contributed by atoms with Crippen molar-refractivity contribution in [2.75, 3.05) is 46.2 Å². The molecule has 0 radical (unpaired) electrons. The van der Waals surface area contributed by atoms with Crippen molar-refractivity contribution in [3.8, 4) is 5.75 Å². The number of hydrogen-bond donors (Lipinski definition) is 1. The number of benzene rings is 1. The summed E-state index contributed by atoms with van der Waals surface area (Å²) in [6.45, 7) is 11.1. The zero-order chi connectivity index (χ0) is 24.0. The fraction of sp³-hybridized carbons (Fsp3) is 0.793. The Hall–Kier alpha value is -1.14. The minimum Gasteiger partial charge on any atom is -0.491 e. The van der Waals surface area contributed by atoms with Gasteiger partial charge in [0.2, 0.25) is 0 Å². The molecule has 0 aliphatic heterocycles. The van der Waals surface area contributed by atoms with E-state index in [1.807, 2.05) is 0 Å². The fourth-order valence-electron chi connectivity index (χ4n) is 6.70. The number of fused-ring (bicyclic) bond motifs is 5. The Bertz CT molecular complexity index is 765. The molecule has 5 heteroatoms. The number of aliphatic hydroxyl groups is 1. The van der Waals surface area contributed by atoms with Crippen molar-refractivity contribution < 1.29 is 24.1 Å². The summed E-state index contributed by atoms with van der Waals surface area (Å²) in [6.07, 6.45) is 7.94. The predicted molar refractivity (Wildman–Crippen MR) is 134 cm³/mol. The van der Waals surface area contributed by atoms with Gasteiger partial charge < -0.3 is 24.1 Å². The first kappa shape index (κ1) is 25.9. The normalized spacial score (nSPS) is 30.1. The largest absolute Gasteiger partial charge is 0.491 e. The standard InChI is InChI=1S/C29H46O5/c1-21(2)11-13-31-14-15-32-16-17-33-18-19-34-23-5-7-24-22(20-23)4-6-26-25(24)10-12-29(3)27(26)8-9-28(29)30/h5,7,20-21,25-28,30H,4,6,8-19H2,1-3H3/t25-,26-,27+,28+,29+/m1/s1. The fourth-order valence-corrected chi connectivity index (χ4v) is 6.70. The van der Waals surface area contributed by atoms with Crippen LogP contribution in [0.25, 0.3) is 0 Å². The molecule has 5 atom stereocenters. The predicted octanol–water partition coefficient (Wildman–Crippen LogP) is 5.38. The van der Waals surface area contributed by atoms with E-state index in [9.17, 15) is 5.11 Å². The molecule has 1 aromatic rings. The topological polar surface area (TPSA) is 57.2 Å². The highest BCUT2D eigenvalue weighted by molar-refractivity contribution is 5.40. The van der Waals surface area contributed by atoms with Gasteiger partial charge in [-0.25, -0.2) is 0 Å². The van der Waals surface area contributed by atoms with E-state index in [2.05, 4.69) is 39.0 Å². The summed E-state index contributed by atoms with van der Waals surface area (Å²) in [6, 6.07) is 6.71. The smallest absolute Gasteiger partial charge is 0.119 e. The summed E-state index contributed by atoms with van der Waals surface area (Å²) in [4.78, 5) is 0. The van der Waals surface area contributed by atoms with Crippen LogP contribution in [0.1, 0.15) is 76.3 Å². The van der Waals surface area contributed by atoms with Crippen LogP contribution in [0.15, 0.2) is 18.2 Å². The molecule has 3 aliphatic carbocycles. The molecule has 0 amide bonds. The van der Waals surface area contributed by atoms with E-state index in [1.165, 1.54) is 30.4 Å². The Labute approximate surface area is 206 Å². The van der Waals surface area contributed by atoms with Gasteiger partial charge in [-0.3, -0.25) is 0 Å². The van der Waals surface area contributed by atoms with Gasteiger partial charge in [-0.05, 0) is 97.3 Å². The summed E-state index contributed by atoms with van der Waals surface area (Å²) >= 11 is 0. The van der Waals surface area contributed by atoms with Crippen molar-refractivity contribution >= 4 is 0 Å². The van der Waals surface area contributed by atoms with Crippen molar-refractivity contribution in [2.24, 2.45) is 23.2 Å². The van der Waals surface area contributed by atoms with Crippen LogP contribution in [-0.4, -0.2) is 57.5 Å². The third-order valence-corrected chi connectivity index (χ3v) is 8.73. The maximum absolute atomic E-state index is 10.6. The monoisotopic (exact) mass is 474 g/mol. The molecule has 1 aromatic carbocycles. The van der Waals surface area contributed by atoms with Crippen LogP contribution in [0.2, 0.25) is 0 Å². The van der Waals surface area contributed by atoms with Crippen LogP contribution in [0.5, 0.6) is 5.75 Å². The van der Waals surface area contributed by atoms with Crippen molar-refractivity contribution in [1.82, 2.24) is 0 Å². The van der Waals surface area contributed by atoms with Gasteiger partial charge in [0, 0.05) is 6.61 Å². The molecule has 34 heavy (non-hydrogen) atoms. The number of hydrogen-bond acceptors (Lipinski definition) is 5. The van der Waals surface area contributed by atoms with Gasteiger partial charge in [0.1, 0.15) is 12.4 Å². The zero-order valence-corrected chi connectivity index (χ0v) is 21.6. The molecule has 2 saturated carbocycles. The van der Waals surface area contributed by atoms with Gasteiger partial charge in [-0.15, -0.1) is 0 Å². The Morgan fingerprint density at radius 2 is 1.62 bits per heavy atom. The number of aryl methyl sites for hydroxylation is 1. The van der Waals surface area contributed by atoms with Gasteiger partial charge in [-0.2, -0.15) is 0 Å². The summed E-state index contributed by atoms with van der Waals surface area (Å²) in [7, 11) is 0. The van der Waals surface area contributed by atoms with E-state index in [0.29, 0.717) is 57.4 Å². The second-order valence-electron chi connectivity index (χ2n) is 11.3. The first-order valence-electron chi connectivity index (χ1n) is 13.7. The molecule has 0 unspecified atom stereocenters. The third kappa shape index (κ3) is 6.16. The first-order valence-corrected chi connectivity index (χ1v) is 13.7. The van der Waals surface area contributed by atoms with E-state index in [0.717, 1.165) is 44.0 Å². The summed E-state index contributed by atoms with van der Waals surface area (Å²) in [5, 5.41) is 10.6. The van der Waals surface area contributed by atoms with Crippen LogP contribution < -0.4 is 4.74 Å². The average Bonchev–Trinajstić information content (AvgIpc) is 3.13. The second kappa shape index (κ2) is 12.2. The zero-order valence-electron chi connectivity index (χ0n) is 21.6. The summed E-state index contributed by atoms with van der Waals surface area (Å²) in [5.74, 6) is 3.71. The lowest BCUT2D eigenvalue weighted by atomic mass is 9.55. The van der Waals surface area contributed by atoms with Gasteiger partial charge in [0.15, 0.2) is 0 Å². The quantitative estimate of drug-likeness (QED) is 0.389. The molecule has 5 nitrogen and oxygen atoms in total. The Kier molecular flexibility index (Phi) is 9.31. The highest BCUT2D eigenvalue weighted by Gasteiger charge is 2.54. The highest BCUT2D eigenvalue weighted by Crippen LogP contribution is 2.60. The number of ether oxygens (including phenoxy) is 4. The van der Waals surface area contributed by atoms with Gasteiger partial charge >= 0.3 is 0 Å². The van der Waals surface area contributed by atoms with Gasteiger partial charge in [0.05, 0.1) is 39.1 Å². The van der Waals surface area contributed by atoms with Crippen molar-refractivity contribution in [3.63, 3.8) is 0 Å². The lowest BCUT2D eigenvalue weighted by molar-refractivity contribution is -0.0226. The van der Waals surface area contributed by atoms with Crippen LogP contribution in [0.4, 0.5) is 0 Å². The molecule has 0 bridgehead atoms. The van der Waals surface area contributed by atoms with Crippen molar-refractivity contribution in [1.29, 1.82) is 0 Å². The van der Waals surface area contributed by atoms with E-state index < -0.39 is 0 Å². The first-order chi connectivity index (χ1) is 16.5. The van der Waals surface area contributed by atoms with Crippen LogP contribution in [0.3, 0.4) is 0 Å². The molecule has 2 fully saturated rings. The molecular formula is C29H46O5. The van der Waals surface area contributed by atoms with Crippen LogP contribution in [0, 0.1) is 23.2 Å². The van der Waals surface area contributed by atoms with Crippen LogP contribution in [-0.2, 0) is 20.6 Å². The second-order valence-corrected chi connectivity index (χ2v) is 11.3.